The van der Waals surface area contributed by atoms with Gasteiger partial charge in [-0.1, -0.05) is 23.8 Å². The summed E-state index contributed by atoms with van der Waals surface area (Å²) in [5, 5.41) is 13.7. The van der Waals surface area contributed by atoms with E-state index in [-0.39, 0.29) is 11.5 Å². The molecule has 0 spiro atoms. The van der Waals surface area contributed by atoms with Crippen molar-refractivity contribution in [3.05, 3.63) is 76.5 Å². The molecule has 1 aromatic heterocycles. The molecule has 3 rings (SSSR count). The summed E-state index contributed by atoms with van der Waals surface area (Å²) in [4.78, 5) is 27.7. The fourth-order valence-electron chi connectivity index (χ4n) is 2.56. The normalized spacial score (nSPS) is 11.0. The van der Waals surface area contributed by atoms with Crippen LogP contribution in [0.5, 0.6) is 0 Å². The van der Waals surface area contributed by atoms with Crippen molar-refractivity contribution in [3.8, 4) is 0 Å². The van der Waals surface area contributed by atoms with Crippen molar-refractivity contribution >= 4 is 29.0 Å². The molecule has 0 aliphatic heterocycles. The van der Waals surface area contributed by atoms with Gasteiger partial charge < -0.3 is 5.11 Å². The third kappa shape index (κ3) is 3.75. The molecule has 0 radical (unpaired) electrons. The van der Waals surface area contributed by atoms with Crippen LogP contribution < -0.4 is 5.43 Å². The zero-order valence-corrected chi connectivity index (χ0v) is 14.4. The van der Waals surface area contributed by atoms with Crippen LogP contribution in [0.2, 0.25) is 0 Å². The SMILES string of the molecule is Cc1ccc2nc(C)c(C(=O)N/N=C\c3ccc(C(=O)O)cc3)cc2c1. The molecule has 26 heavy (non-hydrogen) atoms. The topological polar surface area (TPSA) is 91.7 Å². The fourth-order valence-corrected chi connectivity index (χ4v) is 2.56. The number of hydrazone groups is 1. The predicted molar refractivity (Wildman–Crippen MR) is 99.7 cm³/mol. The first-order valence-electron chi connectivity index (χ1n) is 7.99. The molecule has 2 N–H and O–H groups in total. The molecule has 0 aliphatic rings. The third-order valence-electron chi connectivity index (χ3n) is 3.94. The molecule has 0 bridgehead atoms. The standard InChI is InChI=1S/C20H17N3O3/c1-12-3-8-18-16(9-12)10-17(13(2)22-18)19(24)23-21-11-14-4-6-15(7-5-14)20(25)26/h3-11H,1-2H3,(H,23,24)(H,25,26)/b21-11-. The molecule has 0 aliphatic carbocycles. The number of aromatic carboxylic acids is 1. The maximum Gasteiger partial charge on any atom is 0.335 e. The number of carbonyl (C=O) groups excluding carboxylic acids is 1. The zero-order valence-electron chi connectivity index (χ0n) is 14.4. The number of nitrogens with zero attached hydrogens (tertiary/aromatic N) is 2. The molecule has 1 amide bonds. The Balaban J connectivity index is 1.76. The summed E-state index contributed by atoms with van der Waals surface area (Å²) in [5.41, 5.74) is 6.37. The Morgan fingerprint density at radius 3 is 2.50 bits per heavy atom. The number of aromatic nitrogens is 1. The molecule has 1 heterocycles. The molecule has 0 fully saturated rings. The Bertz CT molecular complexity index is 1020. The lowest BCUT2D eigenvalue weighted by molar-refractivity contribution is 0.0696. The number of carboxylic acids is 1. The average molecular weight is 347 g/mol. The van der Waals surface area contributed by atoms with Crippen LogP contribution in [0.4, 0.5) is 0 Å². The molecular weight excluding hydrogens is 330 g/mol. The van der Waals surface area contributed by atoms with E-state index in [9.17, 15) is 9.59 Å². The van der Waals surface area contributed by atoms with Crippen LogP contribution in [0, 0.1) is 13.8 Å². The van der Waals surface area contributed by atoms with Crippen LogP contribution >= 0.6 is 0 Å². The molecule has 6 nitrogen and oxygen atoms in total. The summed E-state index contributed by atoms with van der Waals surface area (Å²) < 4.78 is 0. The molecule has 0 unspecified atom stereocenters. The second-order valence-electron chi connectivity index (χ2n) is 5.94. The number of carbonyl (C=O) groups is 2. The molecular formula is C20H17N3O3. The molecule has 0 saturated heterocycles. The van der Waals surface area contributed by atoms with Gasteiger partial charge in [-0.3, -0.25) is 9.78 Å². The highest BCUT2D eigenvalue weighted by Crippen LogP contribution is 2.18. The minimum Gasteiger partial charge on any atom is -0.478 e. The van der Waals surface area contributed by atoms with Gasteiger partial charge in [-0.15, -0.1) is 0 Å². The zero-order chi connectivity index (χ0) is 18.7. The third-order valence-corrected chi connectivity index (χ3v) is 3.94. The maximum atomic E-state index is 12.4. The van der Waals surface area contributed by atoms with Crippen LogP contribution in [0.25, 0.3) is 10.9 Å². The Labute approximate surface area is 150 Å². The number of rotatable bonds is 4. The largest absolute Gasteiger partial charge is 0.478 e. The van der Waals surface area contributed by atoms with E-state index >= 15 is 0 Å². The van der Waals surface area contributed by atoms with Gasteiger partial charge in [0.1, 0.15) is 0 Å². The quantitative estimate of drug-likeness (QED) is 0.559. The first-order chi connectivity index (χ1) is 12.4. The predicted octanol–water partition coefficient (Wildman–Crippen LogP) is 3.31. The number of nitrogens with one attached hydrogen (secondary N) is 1. The summed E-state index contributed by atoms with van der Waals surface area (Å²) in [6.45, 7) is 3.77. The second kappa shape index (κ2) is 7.14. The van der Waals surface area contributed by atoms with E-state index in [2.05, 4.69) is 15.5 Å². The number of aryl methyl sites for hydroxylation is 2. The van der Waals surface area contributed by atoms with Crippen LogP contribution in [0.1, 0.15) is 37.5 Å². The first-order valence-corrected chi connectivity index (χ1v) is 7.99. The summed E-state index contributed by atoms with van der Waals surface area (Å²) in [6, 6.07) is 13.9. The van der Waals surface area contributed by atoms with Gasteiger partial charge in [0.25, 0.3) is 5.91 Å². The van der Waals surface area contributed by atoms with Gasteiger partial charge in [-0.25, -0.2) is 10.2 Å². The van der Waals surface area contributed by atoms with E-state index in [1.807, 2.05) is 25.1 Å². The van der Waals surface area contributed by atoms with Crippen LogP contribution in [-0.4, -0.2) is 28.2 Å². The average Bonchev–Trinajstić information content (AvgIpc) is 2.61. The maximum absolute atomic E-state index is 12.4. The van der Waals surface area contributed by atoms with Gasteiger partial charge in [0.2, 0.25) is 0 Å². The van der Waals surface area contributed by atoms with Gasteiger partial charge in [-0.05, 0) is 49.7 Å². The lowest BCUT2D eigenvalue weighted by Gasteiger charge is -2.07. The van der Waals surface area contributed by atoms with Crippen molar-refractivity contribution in [1.82, 2.24) is 10.4 Å². The lowest BCUT2D eigenvalue weighted by atomic mass is 10.1. The highest BCUT2D eigenvalue weighted by atomic mass is 16.4. The number of hydrogen-bond acceptors (Lipinski definition) is 4. The summed E-state index contributed by atoms with van der Waals surface area (Å²) in [6.07, 6.45) is 1.46. The van der Waals surface area contributed by atoms with Crippen LogP contribution in [-0.2, 0) is 0 Å². The van der Waals surface area contributed by atoms with E-state index in [0.29, 0.717) is 16.8 Å². The number of amides is 1. The highest BCUT2D eigenvalue weighted by molar-refractivity contribution is 5.99. The number of benzene rings is 2. The summed E-state index contributed by atoms with van der Waals surface area (Å²) in [5.74, 6) is -1.34. The van der Waals surface area contributed by atoms with Crippen molar-refractivity contribution < 1.29 is 14.7 Å². The van der Waals surface area contributed by atoms with E-state index in [1.165, 1.54) is 18.3 Å². The molecule has 3 aromatic rings. The van der Waals surface area contributed by atoms with Crippen molar-refractivity contribution in [3.63, 3.8) is 0 Å². The van der Waals surface area contributed by atoms with E-state index in [4.69, 9.17) is 5.11 Å². The summed E-state index contributed by atoms with van der Waals surface area (Å²) >= 11 is 0. The molecule has 0 atom stereocenters. The minimum absolute atomic E-state index is 0.194. The Hall–Kier alpha value is -3.54. The Morgan fingerprint density at radius 1 is 1.08 bits per heavy atom. The van der Waals surface area contributed by atoms with Gasteiger partial charge in [0.15, 0.2) is 0 Å². The Morgan fingerprint density at radius 2 is 1.81 bits per heavy atom. The number of hydrogen-bond donors (Lipinski definition) is 2. The highest BCUT2D eigenvalue weighted by Gasteiger charge is 2.11. The Kier molecular flexibility index (Phi) is 4.75. The minimum atomic E-state index is -0.990. The molecule has 6 heteroatoms. The first kappa shape index (κ1) is 17.3. The van der Waals surface area contributed by atoms with Crippen molar-refractivity contribution in [2.45, 2.75) is 13.8 Å². The van der Waals surface area contributed by atoms with Gasteiger partial charge in [-0.2, -0.15) is 5.10 Å². The van der Waals surface area contributed by atoms with E-state index in [0.717, 1.165) is 16.5 Å². The van der Waals surface area contributed by atoms with Crippen LogP contribution in [0.3, 0.4) is 0 Å². The summed E-state index contributed by atoms with van der Waals surface area (Å²) in [7, 11) is 0. The van der Waals surface area contributed by atoms with E-state index < -0.39 is 5.97 Å². The lowest BCUT2D eigenvalue weighted by Crippen LogP contribution is -2.19. The van der Waals surface area contributed by atoms with Gasteiger partial charge in [0.05, 0.1) is 28.6 Å². The smallest absolute Gasteiger partial charge is 0.335 e. The fraction of sp³-hybridized carbons (Fsp3) is 0.100. The van der Waals surface area contributed by atoms with Crippen LogP contribution in [0.15, 0.2) is 53.6 Å². The number of carboxylic acid groups (broad SMARTS) is 1. The molecule has 2 aromatic carbocycles. The monoisotopic (exact) mass is 347 g/mol. The molecule has 130 valence electrons. The van der Waals surface area contributed by atoms with Crippen molar-refractivity contribution in [1.29, 1.82) is 0 Å². The van der Waals surface area contributed by atoms with Gasteiger partial charge in [0, 0.05) is 5.39 Å². The number of fused-ring (bicyclic) bond motifs is 1. The van der Waals surface area contributed by atoms with Crippen molar-refractivity contribution in [2.24, 2.45) is 5.10 Å². The second-order valence-corrected chi connectivity index (χ2v) is 5.94. The van der Waals surface area contributed by atoms with Crippen molar-refractivity contribution in [2.75, 3.05) is 0 Å². The van der Waals surface area contributed by atoms with Gasteiger partial charge >= 0.3 is 5.97 Å². The molecule has 0 saturated carbocycles. The number of pyridine rings is 1. The van der Waals surface area contributed by atoms with E-state index in [1.54, 1.807) is 25.1 Å².